The summed E-state index contributed by atoms with van der Waals surface area (Å²) >= 11 is 3.64. The zero-order valence-corrected chi connectivity index (χ0v) is 16.0. The molecule has 4 rings (SSSR count). The summed E-state index contributed by atoms with van der Waals surface area (Å²) in [6.45, 7) is 2.43. The van der Waals surface area contributed by atoms with Crippen molar-refractivity contribution in [2.24, 2.45) is 5.92 Å². The van der Waals surface area contributed by atoms with E-state index in [0.717, 1.165) is 33.5 Å². The number of rotatable bonds is 3. The molecule has 130 valence electrons. The highest BCUT2D eigenvalue weighted by molar-refractivity contribution is 7.99. The third kappa shape index (κ3) is 3.41. The largest absolute Gasteiger partial charge is 0.383 e. The van der Waals surface area contributed by atoms with E-state index in [1.807, 2.05) is 11.3 Å². The molecule has 4 nitrogen and oxygen atoms in total. The van der Waals surface area contributed by atoms with Crippen LogP contribution in [0.4, 0.5) is 5.82 Å². The van der Waals surface area contributed by atoms with Crippen LogP contribution in [0.3, 0.4) is 0 Å². The highest BCUT2D eigenvalue weighted by atomic mass is 32.2. The van der Waals surface area contributed by atoms with Crippen LogP contribution in [0.15, 0.2) is 5.16 Å². The van der Waals surface area contributed by atoms with E-state index in [0.29, 0.717) is 5.82 Å². The maximum absolute atomic E-state index is 6.34. The van der Waals surface area contributed by atoms with Crippen molar-refractivity contribution in [3.05, 3.63) is 10.4 Å². The van der Waals surface area contributed by atoms with Crippen molar-refractivity contribution in [2.75, 3.05) is 31.6 Å². The molecule has 2 aromatic rings. The molecular weight excluding hydrogens is 336 g/mol. The molecule has 2 N–H and O–H groups in total. The van der Waals surface area contributed by atoms with Crippen molar-refractivity contribution in [2.45, 2.75) is 50.1 Å². The maximum atomic E-state index is 6.34. The van der Waals surface area contributed by atoms with Crippen LogP contribution in [0, 0.1) is 5.92 Å². The van der Waals surface area contributed by atoms with Gasteiger partial charge in [-0.2, -0.15) is 0 Å². The van der Waals surface area contributed by atoms with E-state index >= 15 is 0 Å². The van der Waals surface area contributed by atoms with Crippen LogP contribution < -0.4 is 5.73 Å². The number of anilines is 1. The van der Waals surface area contributed by atoms with Gasteiger partial charge in [0.1, 0.15) is 10.6 Å². The Balaban J connectivity index is 1.54. The lowest BCUT2D eigenvalue weighted by Crippen LogP contribution is -2.33. The van der Waals surface area contributed by atoms with E-state index < -0.39 is 0 Å². The first kappa shape index (κ1) is 16.6. The van der Waals surface area contributed by atoms with E-state index in [1.54, 1.807) is 11.8 Å². The minimum atomic E-state index is 0.697. The molecular formula is C18H26N4S2. The summed E-state index contributed by atoms with van der Waals surface area (Å²) in [5.41, 5.74) is 7.78. The predicted molar refractivity (Wildman–Crippen MR) is 104 cm³/mol. The molecule has 6 heteroatoms. The Hall–Kier alpha value is -0.850. The third-order valence-corrected chi connectivity index (χ3v) is 7.51. The summed E-state index contributed by atoms with van der Waals surface area (Å²) in [4.78, 5) is 14.5. The van der Waals surface area contributed by atoms with E-state index in [2.05, 4.69) is 16.9 Å². The van der Waals surface area contributed by atoms with Crippen LogP contribution in [0.25, 0.3) is 10.2 Å². The third-order valence-electron chi connectivity index (χ3n) is 5.24. The van der Waals surface area contributed by atoms with Gasteiger partial charge in [0.15, 0.2) is 5.16 Å². The molecule has 0 saturated carbocycles. The van der Waals surface area contributed by atoms with Gasteiger partial charge < -0.3 is 10.6 Å². The first-order chi connectivity index (χ1) is 11.7. The van der Waals surface area contributed by atoms with Gasteiger partial charge in [-0.05, 0) is 63.6 Å². The number of thioether (sulfide) groups is 1. The summed E-state index contributed by atoms with van der Waals surface area (Å²) in [7, 11) is 2.22. The van der Waals surface area contributed by atoms with Gasteiger partial charge in [0.05, 0.1) is 5.39 Å². The van der Waals surface area contributed by atoms with Gasteiger partial charge >= 0.3 is 0 Å². The summed E-state index contributed by atoms with van der Waals surface area (Å²) in [5, 5.41) is 2.02. The van der Waals surface area contributed by atoms with Gasteiger partial charge in [0.25, 0.3) is 0 Å². The lowest BCUT2D eigenvalue weighted by molar-refractivity contribution is 0.224. The van der Waals surface area contributed by atoms with Crippen LogP contribution in [0.5, 0.6) is 0 Å². The zero-order chi connectivity index (χ0) is 16.5. The molecule has 0 spiro atoms. The number of aromatic nitrogens is 2. The van der Waals surface area contributed by atoms with Gasteiger partial charge in [0, 0.05) is 17.2 Å². The summed E-state index contributed by atoms with van der Waals surface area (Å²) in [6, 6.07) is 0. The standard InChI is InChI=1S/C18H26N4S2/c1-22-9-5-6-12(10-22)11-23-18-20-16(19)15-13-7-3-2-4-8-14(13)24-17(15)21-18/h12H,2-11H2,1H3,(H2,19,20,21). The molecule has 1 unspecified atom stereocenters. The van der Waals surface area contributed by atoms with Gasteiger partial charge in [-0.1, -0.05) is 18.2 Å². The summed E-state index contributed by atoms with van der Waals surface area (Å²) in [5.74, 6) is 2.54. The molecule has 0 bridgehead atoms. The van der Waals surface area contributed by atoms with Crippen LogP contribution in [-0.4, -0.2) is 40.8 Å². The number of thiophene rings is 1. The van der Waals surface area contributed by atoms with E-state index in [9.17, 15) is 0 Å². The first-order valence-electron chi connectivity index (χ1n) is 9.10. The molecule has 0 amide bonds. The number of hydrogen-bond acceptors (Lipinski definition) is 6. The molecule has 0 aromatic carbocycles. The van der Waals surface area contributed by atoms with Crippen LogP contribution in [0.2, 0.25) is 0 Å². The highest BCUT2D eigenvalue weighted by Gasteiger charge is 2.21. The highest BCUT2D eigenvalue weighted by Crippen LogP contribution is 2.38. The van der Waals surface area contributed by atoms with Gasteiger partial charge in [0.2, 0.25) is 0 Å². The number of nitrogens with zero attached hydrogens (tertiary/aromatic N) is 3. The van der Waals surface area contributed by atoms with Gasteiger partial charge in [-0.25, -0.2) is 9.97 Å². The Kier molecular flexibility index (Phi) is 4.97. The second kappa shape index (κ2) is 7.18. The quantitative estimate of drug-likeness (QED) is 0.508. The Bertz CT molecular complexity index is 727. The molecule has 1 aliphatic heterocycles. The smallest absolute Gasteiger partial charge is 0.190 e. The van der Waals surface area contributed by atoms with Crippen molar-refractivity contribution >= 4 is 39.1 Å². The molecule has 1 fully saturated rings. The van der Waals surface area contributed by atoms with Crippen LogP contribution in [-0.2, 0) is 12.8 Å². The molecule has 1 aliphatic carbocycles. The molecule has 0 radical (unpaired) electrons. The molecule has 2 aliphatic rings. The van der Waals surface area contributed by atoms with Crippen molar-refractivity contribution in [3.8, 4) is 0 Å². The molecule has 1 atom stereocenters. The Labute approximate surface area is 152 Å². The van der Waals surface area contributed by atoms with Crippen LogP contribution >= 0.6 is 23.1 Å². The van der Waals surface area contributed by atoms with E-state index in [-0.39, 0.29) is 0 Å². The van der Waals surface area contributed by atoms with Crippen molar-refractivity contribution < 1.29 is 0 Å². The average molecular weight is 363 g/mol. The average Bonchev–Trinajstić information content (AvgIpc) is 2.75. The number of piperidine rings is 1. The lowest BCUT2D eigenvalue weighted by atomic mass is 10.0. The van der Waals surface area contributed by atoms with Gasteiger partial charge in [-0.15, -0.1) is 11.3 Å². The molecule has 3 heterocycles. The number of nitrogen functional groups attached to an aromatic ring is 1. The minimum absolute atomic E-state index is 0.697. The lowest BCUT2D eigenvalue weighted by Gasteiger charge is -2.29. The topological polar surface area (TPSA) is 55.0 Å². The monoisotopic (exact) mass is 362 g/mol. The molecule has 1 saturated heterocycles. The van der Waals surface area contributed by atoms with Crippen molar-refractivity contribution in [1.82, 2.24) is 14.9 Å². The number of likely N-dealkylation sites (tertiary alicyclic amines) is 1. The van der Waals surface area contributed by atoms with E-state index in [4.69, 9.17) is 10.7 Å². The number of hydrogen-bond donors (Lipinski definition) is 1. The van der Waals surface area contributed by atoms with Crippen LogP contribution in [0.1, 0.15) is 42.5 Å². The van der Waals surface area contributed by atoms with E-state index in [1.165, 1.54) is 62.1 Å². The molecule has 2 aromatic heterocycles. The fourth-order valence-electron chi connectivity index (χ4n) is 4.01. The maximum Gasteiger partial charge on any atom is 0.190 e. The number of aryl methyl sites for hydroxylation is 2. The minimum Gasteiger partial charge on any atom is -0.383 e. The number of fused-ring (bicyclic) bond motifs is 3. The summed E-state index contributed by atoms with van der Waals surface area (Å²) in [6.07, 6.45) is 8.85. The Morgan fingerprint density at radius 2 is 2.08 bits per heavy atom. The first-order valence-corrected chi connectivity index (χ1v) is 10.9. The normalized spacial score (nSPS) is 22.5. The van der Waals surface area contributed by atoms with Gasteiger partial charge in [-0.3, -0.25) is 0 Å². The number of nitrogens with two attached hydrogens (primary N) is 1. The second-order valence-electron chi connectivity index (χ2n) is 7.22. The van der Waals surface area contributed by atoms with Crippen molar-refractivity contribution in [3.63, 3.8) is 0 Å². The Morgan fingerprint density at radius 1 is 1.21 bits per heavy atom. The van der Waals surface area contributed by atoms with Crippen molar-refractivity contribution in [1.29, 1.82) is 0 Å². The summed E-state index contributed by atoms with van der Waals surface area (Å²) < 4.78 is 0. The predicted octanol–water partition coefficient (Wildman–Crippen LogP) is 3.98. The SMILES string of the molecule is CN1CCCC(CSc2nc(N)c3c4c(sc3n2)CCCCC4)C1. The fraction of sp³-hybridized carbons (Fsp3) is 0.667. The molecule has 24 heavy (non-hydrogen) atoms. The Morgan fingerprint density at radius 3 is 2.96 bits per heavy atom. The second-order valence-corrected chi connectivity index (χ2v) is 9.29. The fourth-order valence-corrected chi connectivity index (χ4v) is 6.31. The zero-order valence-electron chi connectivity index (χ0n) is 14.4.